The molecule has 2 heteroatoms. The smallest absolute Gasteiger partial charge is 0.0487 e. The zero-order chi connectivity index (χ0) is 10.4. The van der Waals surface area contributed by atoms with Gasteiger partial charge >= 0.3 is 0 Å². The molecule has 1 aliphatic heterocycles. The Morgan fingerprint density at radius 1 is 1.47 bits per heavy atom. The summed E-state index contributed by atoms with van der Waals surface area (Å²) in [7, 11) is 0. The van der Waals surface area contributed by atoms with Gasteiger partial charge in [-0.05, 0) is 36.0 Å². The largest absolute Gasteiger partial charge is 0.346 e. The lowest BCUT2D eigenvalue weighted by molar-refractivity contribution is 0.648. The van der Waals surface area contributed by atoms with Crippen LogP contribution in [0, 0.1) is 6.92 Å². The molecule has 0 bridgehead atoms. The predicted octanol–water partition coefficient (Wildman–Crippen LogP) is 2.29. The summed E-state index contributed by atoms with van der Waals surface area (Å²) < 4.78 is 2.44. The molecule has 15 heavy (non-hydrogen) atoms. The van der Waals surface area contributed by atoms with Crippen LogP contribution in [0.4, 0.5) is 0 Å². The van der Waals surface area contributed by atoms with Crippen LogP contribution in [0.1, 0.15) is 36.1 Å². The van der Waals surface area contributed by atoms with Gasteiger partial charge < -0.3 is 9.88 Å². The van der Waals surface area contributed by atoms with Crippen LogP contribution in [0.25, 0.3) is 5.57 Å². The molecule has 1 atom stereocenters. The van der Waals surface area contributed by atoms with E-state index in [4.69, 9.17) is 0 Å². The lowest BCUT2D eigenvalue weighted by Gasteiger charge is -2.21. The van der Waals surface area contributed by atoms with Crippen LogP contribution in [0.5, 0.6) is 0 Å². The minimum atomic E-state index is 0.697. The molecule has 80 valence electrons. The Morgan fingerprint density at radius 3 is 3.20 bits per heavy atom. The van der Waals surface area contributed by atoms with Crippen molar-refractivity contribution >= 4 is 5.57 Å². The van der Waals surface area contributed by atoms with Crippen LogP contribution < -0.4 is 5.32 Å². The van der Waals surface area contributed by atoms with Crippen molar-refractivity contribution in [2.75, 3.05) is 13.1 Å². The Labute approximate surface area is 91.0 Å². The average molecular weight is 202 g/mol. The van der Waals surface area contributed by atoms with Gasteiger partial charge in [0.15, 0.2) is 0 Å². The van der Waals surface area contributed by atoms with E-state index in [-0.39, 0.29) is 0 Å². The first-order valence-corrected chi connectivity index (χ1v) is 5.87. The molecular formula is C13H18N2. The van der Waals surface area contributed by atoms with Crippen molar-refractivity contribution in [1.29, 1.82) is 0 Å². The Balaban J connectivity index is 2.23. The normalized spacial score (nSPS) is 24.4. The van der Waals surface area contributed by atoms with Gasteiger partial charge in [-0.15, -0.1) is 0 Å². The molecule has 3 rings (SSSR count). The van der Waals surface area contributed by atoms with Gasteiger partial charge in [0, 0.05) is 31.5 Å². The first kappa shape index (κ1) is 9.22. The Bertz CT molecular complexity index is 426. The summed E-state index contributed by atoms with van der Waals surface area (Å²) in [6.07, 6.45) is 5.95. The molecule has 0 spiro atoms. The zero-order valence-corrected chi connectivity index (χ0v) is 9.51. The summed E-state index contributed by atoms with van der Waals surface area (Å²) in [6.45, 7) is 7.84. The Morgan fingerprint density at radius 2 is 2.33 bits per heavy atom. The molecule has 1 aromatic heterocycles. The minimum Gasteiger partial charge on any atom is -0.346 e. The van der Waals surface area contributed by atoms with Gasteiger partial charge in [0.1, 0.15) is 0 Å². The number of nitrogens with zero attached hydrogens (tertiary/aromatic N) is 1. The number of allylic oxidation sites excluding steroid dienone is 1. The van der Waals surface area contributed by atoms with Crippen molar-refractivity contribution < 1.29 is 0 Å². The molecule has 1 N–H and O–H groups in total. The number of hydrogen-bond donors (Lipinski definition) is 1. The van der Waals surface area contributed by atoms with Crippen molar-refractivity contribution in [2.45, 2.75) is 32.7 Å². The topological polar surface area (TPSA) is 17.0 Å². The van der Waals surface area contributed by atoms with Gasteiger partial charge in [-0.2, -0.15) is 0 Å². The van der Waals surface area contributed by atoms with Crippen molar-refractivity contribution in [3.63, 3.8) is 0 Å². The van der Waals surface area contributed by atoms with Crippen LogP contribution >= 0.6 is 0 Å². The number of aryl methyl sites for hydroxylation is 1. The van der Waals surface area contributed by atoms with Crippen LogP contribution in [0.2, 0.25) is 0 Å². The summed E-state index contributed by atoms with van der Waals surface area (Å²) in [4.78, 5) is 0. The summed E-state index contributed by atoms with van der Waals surface area (Å²) >= 11 is 0. The van der Waals surface area contributed by atoms with E-state index < -0.39 is 0 Å². The van der Waals surface area contributed by atoms with Crippen molar-refractivity contribution in [1.82, 2.24) is 9.88 Å². The summed E-state index contributed by atoms with van der Waals surface area (Å²) in [5, 5.41) is 3.49. The quantitative estimate of drug-likeness (QED) is 0.683. The number of nitrogens with one attached hydrogen (secondary N) is 1. The highest BCUT2D eigenvalue weighted by atomic mass is 15.0. The van der Waals surface area contributed by atoms with Crippen LogP contribution in [-0.2, 0) is 6.54 Å². The van der Waals surface area contributed by atoms with Gasteiger partial charge in [0.2, 0.25) is 0 Å². The molecule has 0 aromatic carbocycles. The molecule has 1 aliphatic carbocycles. The van der Waals surface area contributed by atoms with E-state index in [1.807, 2.05) is 0 Å². The number of hydrogen-bond acceptors (Lipinski definition) is 1. The lowest BCUT2D eigenvalue weighted by atomic mass is 9.86. The molecule has 1 unspecified atom stereocenters. The van der Waals surface area contributed by atoms with E-state index >= 15 is 0 Å². The van der Waals surface area contributed by atoms with E-state index in [1.165, 1.54) is 23.3 Å². The van der Waals surface area contributed by atoms with Crippen molar-refractivity contribution in [3.8, 4) is 0 Å². The Hall–Kier alpha value is -1.02. The molecule has 0 fully saturated rings. The predicted molar refractivity (Wildman–Crippen MR) is 63.0 cm³/mol. The van der Waals surface area contributed by atoms with Gasteiger partial charge in [0.25, 0.3) is 0 Å². The van der Waals surface area contributed by atoms with Crippen LogP contribution in [0.3, 0.4) is 0 Å². The molecule has 2 aliphatic rings. The molecular weight excluding hydrogens is 184 g/mol. The summed E-state index contributed by atoms with van der Waals surface area (Å²) in [6, 6.07) is 0. The molecule has 1 aromatic rings. The van der Waals surface area contributed by atoms with E-state index in [9.17, 15) is 0 Å². The average Bonchev–Trinajstić information content (AvgIpc) is 2.43. The van der Waals surface area contributed by atoms with Gasteiger partial charge in [-0.25, -0.2) is 0 Å². The second-order valence-electron chi connectivity index (χ2n) is 4.81. The first-order chi connectivity index (χ1) is 7.27. The summed E-state index contributed by atoms with van der Waals surface area (Å²) in [5.74, 6) is 0.697. The van der Waals surface area contributed by atoms with Crippen molar-refractivity contribution in [2.24, 2.45) is 0 Å². The second kappa shape index (κ2) is 3.24. The third-order valence-electron chi connectivity index (χ3n) is 3.68. The van der Waals surface area contributed by atoms with Crippen LogP contribution in [-0.4, -0.2) is 17.7 Å². The fourth-order valence-electron chi connectivity index (χ4n) is 2.98. The zero-order valence-electron chi connectivity index (χ0n) is 9.51. The molecule has 2 nitrogen and oxygen atoms in total. The highest BCUT2D eigenvalue weighted by Crippen LogP contribution is 2.37. The van der Waals surface area contributed by atoms with Gasteiger partial charge in [0.05, 0.1) is 0 Å². The molecule has 0 amide bonds. The first-order valence-electron chi connectivity index (χ1n) is 5.87. The van der Waals surface area contributed by atoms with E-state index in [0.29, 0.717) is 5.92 Å². The minimum absolute atomic E-state index is 0.697. The lowest BCUT2D eigenvalue weighted by Crippen LogP contribution is -2.17. The molecule has 2 heterocycles. The SMILES string of the molecule is Cc1cn2c3c1C(C)CC=C3CNCC2. The van der Waals surface area contributed by atoms with Crippen molar-refractivity contribution in [3.05, 3.63) is 29.1 Å². The fourth-order valence-corrected chi connectivity index (χ4v) is 2.98. The standard InChI is InChI=1S/C13H18N2/c1-9-3-4-11-7-14-5-6-15-8-10(2)12(9)13(11)15/h4,8-9,14H,3,5-7H2,1-2H3. The monoisotopic (exact) mass is 202 g/mol. The maximum Gasteiger partial charge on any atom is 0.0487 e. The molecule has 0 saturated carbocycles. The molecule has 0 saturated heterocycles. The maximum atomic E-state index is 3.49. The van der Waals surface area contributed by atoms with E-state index in [1.54, 1.807) is 5.56 Å². The van der Waals surface area contributed by atoms with E-state index in [2.05, 4.69) is 36.0 Å². The van der Waals surface area contributed by atoms with Gasteiger partial charge in [-0.1, -0.05) is 13.0 Å². The third-order valence-corrected chi connectivity index (χ3v) is 3.68. The highest BCUT2D eigenvalue weighted by Gasteiger charge is 2.25. The fraction of sp³-hybridized carbons (Fsp3) is 0.538. The number of aromatic nitrogens is 1. The van der Waals surface area contributed by atoms with Gasteiger partial charge in [-0.3, -0.25) is 0 Å². The Kier molecular flexibility index (Phi) is 1.99. The highest BCUT2D eigenvalue weighted by molar-refractivity contribution is 5.71. The maximum absolute atomic E-state index is 3.49. The van der Waals surface area contributed by atoms with E-state index in [0.717, 1.165) is 19.6 Å². The second-order valence-corrected chi connectivity index (χ2v) is 4.81. The third kappa shape index (κ3) is 1.28. The summed E-state index contributed by atoms with van der Waals surface area (Å²) in [5.41, 5.74) is 6.09. The number of rotatable bonds is 0. The van der Waals surface area contributed by atoms with Crippen LogP contribution in [0.15, 0.2) is 12.3 Å². The molecule has 0 radical (unpaired) electrons.